The molecule has 0 aliphatic carbocycles. The molecule has 0 unspecified atom stereocenters. The van der Waals surface area contributed by atoms with Crippen molar-refractivity contribution in [3.63, 3.8) is 0 Å². The molecule has 0 aliphatic rings. The Hall–Kier alpha value is -2.24. The molecule has 0 spiro atoms. The van der Waals surface area contributed by atoms with E-state index in [1.54, 1.807) is 30.3 Å². The molecule has 2 rings (SSSR count). The van der Waals surface area contributed by atoms with Crippen LogP contribution in [0.15, 0.2) is 42.5 Å². The predicted molar refractivity (Wildman–Crippen MR) is 86.7 cm³/mol. The van der Waals surface area contributed by atoms with E-state index in [9.17, 15) is 9.59 Å². The zero-order valence-corrected chi connectivity index (χ0v) is 13.0. The molecule has 0 aliphatic heterocycles. The minimum atomic E-state index is -0.847. The largest absolute Gasteiger partial charge is 0.497 e. The summed E-state index contributed by atoms with van der Waals surface area (Å²) in [7, 11) is 1.54. The van der Waals surface area contributed by atoms with Gasteiger partial charge in [-0.25, -0.2) is 0 Å². The molecular formula is C15H12Cl2N2O3. The normalized spacial score (nSPS) is 9.95. The van der Waals surface area contributed by atoms with Crippen molar-refractivity contribution < 1.29 is 14.3 Å². The molecule has 2 aromatic rings. The molecule has 7 heteroatoms. The number of benzene rings is 2. The Labute approximate surface area is 137 Å². The first-order chi connectivity index (χ1) is 10.5. The number of rotatable bonds is 3. The van der Waals surface area contributed by atoms with Gasteiger partial charge in [-0.1, -0.05) is 23.2 Å². The van der Waals surface area contributed by atoms with E-state index in [0.29, 0.717) is 16.5 Å². The van der Waals surface area contributed by atoms with Crippen molar-refractivity contribution in [1.82, 2.24) is 0 Å². The number of nitrogens with one attached hydrogen (secondary N) is 2. The lowest BCUT2D eigenvalue weighted by atomic mass is 10.3. The second-order valence-electron chi connectivity index (χ2n) is 4.26. The molecular weight excluding hydrogens is 327 g/mol. The summed E-state index contributed by atoms with van der Waals surface area (Å²) >= 11 is 11.7. The van der Waals surface area contributed by atoms with E-state index >= 15 is 0 Å². The third kappa shape index (κ3) is 4.13. The van der Waals surface area contributed by atoms with Crippen LogP contribution in [0.4, 0.5) is 11.4 Å². The van der Waals surface area contributed by atoms with Crippen molar-refractivity contribution in [2.45, 2.75) is 0 Å². The van der Waals surface area contributed by atoms with Crippen LogP contribution in [0.1, 0.15) is 0 Å². The maximum Gasteiger partial charge on any atom is 0.314 e. The highest BCUT2D eigenvalue weighted by atomic mass is 35.5. The van der Waals surface area contributed by atoms with E-state index in [-0.39, 0.29) is 10.7 Å². The third-order valence-corrected chi connectivity index (χ3v) is 3.30. The number of anilines is 2. The molecule has 0 atom stereocenters. The Morgan fingerprint density at radius 3 is 2.23 bits per heavy atom. The molecule has 0 radical (unpaired) electrons. The fourth-order valence-electron chi connectivity index (χ4n) is 1.63. The first kappa shape index (κ1) is 16.1. The van der Waals surface area contributed by atoms with Crippen LogP contribution in [0.3, 0.4) is 0 Å². The molecule has 2 amide bonds. The molecule has 5 nitrogen and oxygen atoms in total. The highest BCUT2D eigenvalue weighted by Gasteiger charge is 2.15. The van der Waals surface area contributed by atoms with Gasteiger partial charge in [0.2, 0.25) is 0 Å². The number of halogens is 2. The summed E-state index contributed by atoms with van der Waals surface area (Å²) in [5, 5.41) is 5.55. The first-order valence-electron chi connectivity index (χ1n) is 6.21. The molecule has 2 N–H and O–H groups in total. The monoisotopic (exact) mass is 338 g/mol. The van der Waals surface area contributed by atoms with Crippen LogP contribution in [-0.2, 0) is 9.59 Å². The molecule has 0 bridgehead atoms. The molecule has 0 saturated carbocycles. The minimum absolute atomic E-state index is 0.268. The van der Waals surface area contributed by atoms with E-state index in [2.05, 4.69) is 10.6 Å². The van der Waals surface area contributed by atoms with E-state index in [4.69, 9.17) is 27.9 Å². The summed E-state index contributed by atoms with van der Waals surface area (Å²) in [4.78, 5) is 23.7. The van der Waals surface area contributed by atoms with Gasteiger partial charge in [-0.15, -0.1) is 0 Å². The highest BCUT2D eigenvalue weighted by Crippen LogP contribution is 2.25. The fourth-order valence-corrected chi connectivity index (χ4v) is 1.97. The van der Waals surface area contributed by atoms with Crippen molar-refractivity contribution in [3.05, 3.63) is 52.5 Å². The Kier molecular flexibility index (Phi) is 5.25. The van der Waals surface area contributed by atoms with Gasteiger partial charge < -0.3 is 15.4 Å². The number of methoxy groups -OCH3 is 1. The van der Waals surface area contributed by atoms with Crippen molar-refractivity contribution >= 4 is 46.4 Å². The van der Waals surface area contributed by atoms with Crippen LogP contribution < -0.4 is 15.4 Å². The molecule has 0 aromatic heterocycles. The van der Waals surface area contributed by atoms with Gasteiger partial charge >= 0.3 is 11.8 Å². The molecule has 0 heterocycles. The van der Waals surface area contributed by atoms with Crippen LogP contribution in [-0.4, -0.2) is 18.9 Å². The number of carbonyl (C=O) groups is 2. The zero-order valence-electron chi connectivity index (χ0n) is 11.5. The van der Waals surface area contributed by atoms with Gasteiger partial charge in [0.1, 0.15) is 5.75 Å². The van der Waals surface area contributed by atoms with Crippen LogP contribution in [0.2, 0.25) is 10.0 Å². The van der Waals surface area contributed by atoms with Crippen LogP contribution in [0, 0.1) is 0 Å². The third-order valence-electron chi connectivity index (χ3n) is 2.73. The van der Waals surface area contributed by atoms with E-state index in [1.807, 2.05) is 0 Å². The van der Waals surface area contributed by atoms with Crippen LogP contribution in [0.25, 0.3) is 0 Å². The Morgan fingerprint density at radius 1 is 0.955 bits per heavy atom. The van der Waals surface area contributed by atoms with E-state index < -0.39 is 11.8 Å². The van der Waals surface area contributed by atoms with Crippen molar-refractivity contribution in [3.8, 4) is 5.75 Å². The Balaban J connectivity index is 2.02. The quantitative estimate of drug-likeness (QED) is 0.840. The summed E-state index contributed by atoms with van der Waals surface area (Å²) in [6, 6.07) is 11.1. The van der Waals surface area contributed by atoms with Crippen LogP contribution in [0.5, 0.6) is 5.75 Å². The standard InChI is InChI=1S/C15H12Cl2N2O3/c1-22-11-5-3-10(4-6-11)18-14(20)15(21)19-13-8-9(16)2-7-12(13)17/h2-8H,1H3,(H,18,20)(H,19,21). The summed E-state index contributed by atoms with van der Waals surface area (Å²) in [6.45, 7) is 0. The lowest BCUT2D eigenvalue weighted by Crippen LogP contribution is -2.29. The molecule has 22 heavy (non-hydrogen) atoms. The number of hydrogen-bond donors (Lipinski definition) is 2. The minimum Gasteiger partial charge on any atom is -0.497 e. The summed E-state index contributed by atoms with van der Waals surface area (Å²) in [5.41, 5.74) is 0.738. The lowest BCUT2D eigenvalue weighted by Gasteiger charge is -2.08. The van der Waals surface area contributed by atoms with Crippen molar-refractivity contribution in [2.24, 2.45) is 0 Å². The topological polar surface area (TPSA) is 67.4 Å². The number of ether oxygens (including phenoxy) is 1. The molecule has 2 aromatic carbocycles. The molecule has 0 saturated heterocycles. The Morgan fingerprint density at radius 2 is 1.59 bits per heavy atom. The maximum atomic E-state index is 11.9. The van der Waals surface area contributed by atoms with Gasteiger partial charge in [0.15, 0.2) is 0 Å². The average molecular weight is 339 g/mol. The smallest absolute Gasteiger partial charge is 0.314 e. The fraction of sp³-hybridized carbons (Fsp3) is 0.0667. The first-order valence-corrected chi connectivity index (χ1v) is 6.96. The molecule has 114 valence electrons. The van der Waals surface area contributed by atoms with Crippen LogP contribution >= 0.6 is 23.2 Å². The second kappa shape index (κ2) is 7.15. The van der Waals surface area contributed by atoms with Gasteiger partial charge in [-0.3, -0.25) is 9.59 Å². The number of carbonyl (C=O) groups excluding carboxylic acids is 2. The molecule has 0 fully saturated rings. The predicted octanol–water partition coefficient (Wildman–Crippen LogP) is 3.58. The Bertz CT molecular complexity index is 702. The number of amides is 2. The summed E-state index contributed by atoms with van der Waals surface area (Å²) in [5.74, 6) is -1.02. The van der Waals surface area contributed by atoms with Gasteiger partial charge in [-0.05, 0) is 42.5 Å². The number of hydrogen-bond acceptors (Lipinski definition) is 3. The van der Waals surface area contributed by atoms with Gasteiger partial charge in [-0.2, -0.15) is 0 Å². The van der Waals surface area contributed by atoms with Gasteiger partial charge in [0.25, 0.3) is 0 Å². The maximum absolute atomic E-state index is 11.9. The summed E-state index contributed by atoms with van der Waals surface area (Å²) < 4.78 is 5.01. The van der Waals surface area contributed by atoms with Crippen molar-refractivity contribution in [1.29, 1.82) is 0 Å². The van der Waals surface area contributed by atoms with Gasteiger partial charge in [0.05, 0.1) is 17.8 Å². The van der Waals surface area contributed by atoms with Gasteiger partial charge in [0, 0.05) is 10.7 Å². The average Bonchev–Trinajstić information content (AvgIpc) is 2.51. The second-order valence-corrected chi connectivity index (χ2v) is 5.10. The lowest BCUT2D eigenvalue weighted by molar-refractivity contribution is -0.132. The van der Waals surface area contributed by atoms with E-state index in [1.165, 1.54) is 19.2 Å². The SMILES string of the molecule is COc1ccc(NC(=O)C(=O)Nc2cc(Cl)ccc2Cl)cc1. The van der Waals surface area contributed by atoms with E-state index in [0.717, 1.165) is 0 Å². The van der Waals surface area contributed by atoms with Crippen molar-refractivity contribution in [2.75, 3.05) is 17.7 Å². The summed E-state index contributed by atoms with van der Waals surface area (Å²) in [6.07, 6.45) is 0. The highest BCUT2D eigenvalue weighted by molar-refractivity contribution is 6.45. The zero-order chi connectivity index (χ0) is 16.1.